The van der Waals surface area contributed by atoms with E-state index in [0.29, 0.717) is 139 Å². The topological polar surface area (TPSA) is 349 Å². The van der Waals surface area contributed by atoms with E-state index >= 15 is 0 Å². The van der Waals surface area contributed by atoms with Gasteiger partial charge in [-0.3, -0.25) is 43.2 Å². The van der Waals surface area contributed by atoms with Crippen molar-refractivity contribution in [3.8, 4) is 0 Å². The average Bonchev–Trinajstić information content (AvgIpc) is 1.69. The summed E-state index contributed by atoms with van der Waals surface area (Å²) in [5.41, 5.74) is 12.4. The van der Waals surface area contributed by atoms with Crippen LogP contribution in [0.4, 0.5) is 0 Å². The van der Waals surface area contributed by atoms with Gasteiger partial charge in [-0.1, -0.05) is 212 Å². The van der Waals surface area contributed by atoms with Crippen LogP contribution in [0.2, 0.25) is 60.3 Å². The minimum atomic E-state index is -1.12. The molecule has 27 nitrogen and oxygen atoms in total. The summed E-state index contributed by atoms with van der Waals surface area (Å²) in [6.45, 7) is 7.27. The number of halogens is 12. The van der Waals surface area contributed by atoms with Crippen molar-refractivity contribution in [1.82, 2.24) is 84.0 Å². The zero-order chi connectivity index (χ0) is 89.7. The summed E-state index contributed by atoms with van der Waals surface area (Å²) in [4.78, 5) is 73.3. The number of carbonyl (C=O) groups is 5. The maximum Gasteiger partial charge on any atom is 0.358 e. The summed E-state index contributed by atoms with van der Waals surface area (Å²) < 4.78 is 9.77. The van der Waals surface area contributed by atoms with Crippen LogP contribution < -0.4 is 5.43 Å². The molecule has 10 heterocycles. The fraction of sp³-hybridized carbons (Fsp3) is 0.0805. The van der Waals surface area contributed by atoms with E-state index in [-0.39, 0.29) is 54.6 Å². The fourth-order valence-corrected chi connectivity index (χ4v) is 16.2. The van der Waals surface area contributed by atoms with Crippen molar-refractivity contribution in [2.75, 3.05) is 0 Å². The molecule has 0 aliphatic rings. The third kappa shape index (κ3) is 20.8. The van der Waals surface area contributed by atoms with Gasteiger partial charge in [0.25, 0.3) is 5.91 Å². The van der Waals surface area contributed by atoms with Crippen molar-refractivity contribution in [3.05, 3.63) is 359 Å². The number of aryl methyl sites for hydroxylation is 1. The third-order valence-corrected chi connectivity index (χ3v) is 23.3. The van der Waals surface area contributed by atoms with Gasteiger partial charge in [0, 0.05) is 148 Å². The highest BCUT2D eigenvalue weighted by Crippen LogP contribution is 2.35. The summed E-state index contributed by atoms with van der Waals surface area (Å²) in [6.07, 6.45) is 9.28. The van der Waals surface area contributed by atoms with Crippen LogP contribution in [0.1, 0.15) is 91.5 Å². The standard InChI is InChI=1S/C16H12Cl2N4O.C15H12Cl2N2.4C14H9Cl2N3O2/c1-19-20-16(23)15-10-5-2-3-8-14(10)22(21-15)9-11-12(17)6-4-7-13(11)18;1-10-11-5-2-3-8-15(11)19(18-10)9-12-13(16)6-4-7-14(12)17;15-10-4-1-5-11(16)9(10)7-19-13-8(3-2-6-17-13)12(18-19)14(20)21;15-9-3-1-4-10(16)8(9)7-19-11-5-2-6-17-12(11)13(18-19)14(20)21;15-10-2-1-3-11(16)9(10)7-19-12-4-5-17-6-8(12)13(18-19)14(20)21;15-10-2-1-3-11(16)9(10)7-19-12-6-17-5-4-8(12)13(18-19)14(20)21/h2-8H,1,9H2,(H,20,23);2-8H,9H2,1H3;4*1-6H,7H2,(H,20,21). The van der Waals surface area contributed by atoms with Crippen molar-refractivity contribution < 1.29 is 44.4 Å². The molecule has 0 fully saturated rings. The molecule has 0 unspecified atom stereocenters. The zero-order valence-corrected chi connectivity index (χ0v) is 73.9. The summed E-state index contributed by atoms with van der Waals surface area (Å²) in [5, 5.41) is 75.5. The number of pyridine rings is 4. The van der Waals surface area contributed by atoms with E-state index in [4.69, 9.17) is 139 Å². The molecule has 1 amide bonds. The van der Waals surface area contributed by atoms with E-state index in [2.05, 4.69) is 79.9 Å². The van der Waals surface area contributed by atoms with E-state index in [9.17, 15) is 44.4 Å². The van der Waals surface area contributed by atoms with Crippen LogP contribution in [0.25, 0.3) is 65.7 Å². The minimum absolute atomic E-state index is 0.0180. The first-order valence-corrected chi connectivity index (χ1v) is 41.5. The molecule has 0 bridgehead atoms. The Hall–Kier alpha value is -12.3. The van der Waals surface area contributed by atoms with Gasteiger partial charge in [0.1, 0.15) is 5.52 Å². The van der Waals surface area contributed by atoms with E-state index < -0.39 is 29.8 Å². The van der Waals surface area contributed by atoms with Gasteiger partial charge < -0.3 is 20.4 Å². The number of amides is 1. The highest BCUT2D eigenvalue weighted by Gasteiger charge is 2.25. The molecule has 0 aliphatic heterocycles. The summed E-state index contributed by atoms with van der Waals surface area (Å²) in [7, 11) is 0. The molecule has 0 saturated heterocycles. The number of carbonyl (C=O) groups excluding carboxylic acids is 1. The Bertz CT molecular complexity index is 6530. The van der Waals surface area contributed by atoms with Crippen LogP contribution in [-0.4, -0.2) is 136 Å². The van der Waals surface area contributed by atoms with E-state index in [1.165, 1.54) is 23.3 Å². The van der Waals surface area contributed by atoms with Crippen LogP contribution in [0, 0.1) is 6.92 Å². The number of hydrazone groups is 1. The molecule has 39 heteroatoms. The number of benzene rings is 8. The maximum absolute atomic E-state index is 12.1. The molecule has 0 radical (unpaired) electrons. The van der Waals surface area contributed by atoms with Gasteiger partial charge in [0.2, 0.25) is 0 Å². The molecule has 8 aromatic carbocycles. The lowest BCUT2D eigenvalue weighted by Crippen LogP contribution is -2.18. The Morgan fingerprint density at radius 2 is 0.619 bits per heavy atom. The largest absolute Gasteiger partial charge is 0.476 e. The lowest BCUT2D eigenvalue weighted by molar-refractivity contribution is 0.0680. The number of para-hydroxylation sites is 2. The predicted molar refractivity (Wildman–Crippen MR) is 493 cm³/mol. The number of nitrogens with one attached hydrogen (secondary N) is 1. The predicted octanol–water partition coefficient (Wildman–Crippen LogP) is 22.4. The number of aromatic carboxylic acids is 4. The molecule has 5 N–H and O–H groups in total. The molecule has 0 atom stereocenters. The molecule has 10 aromatic heterocycles. The number of aromatic nitrogens is 16. The van der Waals surface area contributed by atoms with E-state index in [1.807, 2.05) is 66.2 Å². The van der Waals surface area contributed by atoms with Crippen LogP contribution in [-0.2, 0) is 39.3 Å². The van der Waals surface area contributed by atoms with Crippen LogP contribution >= 0.6 is 139 Å². The van der Waals surface area contributed by atoms with Crippen LogP contribution in [0.15, 0.2) is 236 Å². The SMILES string of the molecule is C=NNC(=O)c1nn(Cc2c(Cl)cccc2Cl)c2ccccc12.Cc1nn(Cc2c(Cl)cccc2Cl)c2ccccc12.O=C(O)c1nn(Cc2c(Cl)cccc2Cl)c2cccnc12.O=C(O)c1nn(Cc2c(Cl)cccc2Cl)c2ccncc12.O=C(O)c1nn(Cc2c(Cl)cccc2Cl)c2cnccc12.O=C(O)c1nn(Cc2c(Cl)cccc2Cl)c2ncccc12. The molecule has 0 aliphatic carbocycles. The van der Waals surface area contributed by atoms with Gasteiger partial charge in [0.15, 0.2) is 34.1 Å². The molecular formula is C87H60Cl12N18O9. The third-order valence-electron chi connectivity index (χ3n) is 19.0. The first-order chi connectivity index (χ1) is 60.6. The summed E-state index contributed by atoms with van der Waals surface area (Å²) in [5.74, 6) is -4.83. The van der Waals surface area contributed by atoms with Gasteiger partial charge in [-0.15, -0.1) is 0 Å². The second kappa shape index (κ2) is 41.2. The smallest absolute Gasteiger partial charge is 0.358 e. The van der Waals surface area contributed by atoms with Crippen molar-refractivity contribution in [1.29, 1.82) is 0 Å². The fourth-order valence-electron chi connectivity index (χ4n) is 13.1. The lowest BCUT2D eigenvalue weighted by atomic mass is 10.2. The lowest BCUT2D eigenvalue weighted by Gasteiger charge is -2.08. The highest BCUT2D eigenvalue weighted by molar-refractivity contribution is 6.39. The maximum atomic E-state index is 12.1. The Balaban J connectivity index is 0.000000130. The normalized spacial score (nSPS) is 10.9. The van der Waals surface area contributed by atoms with E-state index in [0.717, 1.165) is 38.6 Å². The number of carboxylic acid groups (broad SMARTS) is 4. The van der Waals surface area contributed by atoms with E-state index in [1.54, 1.807) is 165 Å². The highest BCUT2D eigenvalue weighted by atomic mass is 35.5. The van der Waals surface area contributed by atoms with Crippen molar-refractivity contribution >= 4 is 241 Å². The van der Waals surface area contributed by atoms with Gasteiger partial charge in [-0.2, -0.15) is 35.7 Å². The van der Waals surface area contributed by atoms with Crippen molar-refractivity contribution in [2.45, 2.75) is 46.2 Å². The Morgan fingerprint density at radius 3 is 1.07 bits per heavy atom. The molecule has 0 spiro atoms. The van der Waals surface area contributed by atoms with Crippen LogP contribution in [0.3, 0.4) is 0 Å². The Morgan fingerprint density at radius 1 is 0.310 bits per heavy atom. The van der Waals surface area contributed by atoms with Gasteiger partial charge >= 0.3 is 23.9 Å². The van der Waals surface area contributed by atoms with Crippen molar-refractivity contribution in [3.63, 3.8) is 0 Å². The molecule has 18 aromatic rings. The Labute approximate surface area is 773 Å². The van der Waals surface area contributed by atoms with Gasteiger partial charge in [0.05, 0.1) is 89.5 Å². The number of rotatable bonds is 18. The molecule has 0 saturated carbocycles. The number of nitrogens with zero attached hydrogens (tertiary/aromatic N) is 17. The zero-order valence-electron chi connectivity index (χ0n) is 64.9. The number of hydrogen-bond acceptors (Lipinski definition) is 16. The van der Waals surface area contributed by atoms with Gasteiger partial charge in [-0.25, -0.2) is 34.3 Å². The average molecular weight is 1930 g/mol. The first kappa shape index (κ1) is 91.4. The number of hydrogen-bond donors (Lipinski definition) is 5. The number of fused-ring (bicyclic) bond motifs is 6. The van der Waals surface area contributed by atoms with Gasteiger partial charge in [-0.05, 0) is 128 Å². The molecule has 126 heavy (non-hydrogen) atoms. The molecule has 18 rings (SSSR count). The number of carboxylic acids is 4. The summed E-state index contributed by atoms with van der Waals surface area (Å²) in [6, 6.07) is 57.4. The molecular weight excluding hydrogens is 1870 g/mol. The Kier molecular flexibility index (Phi) is 29.9. The van der Waals surface area contributed by atoms with Crippen LogP contribution in [0.5, 0.6) is 0 Å². The van der Waals surface area contributed by atoms with Crippen molar-refractivity contribution in [2.24, 2.45) is 5.10 Å². The second-order valence-corrected chi connectivity index (χ2v) is 31.7. The molecule has 636 valence electrons. The second-order valence-electron chi connectivity index (χ2n) is 26.9. The monoisotopic (exact) mass is 1920 g/mol. The minimum Gasteiger partial charge on any atom is -0.476 e. The quantitative estimate of drug-likeness (QED) is 0.0393. The summed E-state index contributed by atoms with van der Waals surface area (Å²) >= 11 is 74.0. The first-order valence-electron chi connectivity index (χ1n) is 37.0.